The van der Waals surface area contributed by atoms with E-state index in [0.717, 1.165) is 47.5 Å². The highest BCUT2D eigenvalue weighted by Gasteiger charge is 2.34. The van der Waals surface area contributed by atoms with Crippen LogP contribution in [0.5, 0.6) is 0 Å². The Morgan fingerprint density at radius 1 is 1.38 bits per heavy atom. The lowest BCUT2D eigenvalue weighted by molar-refractivity contribution is 0.0674. The van der Waals surface area contributed by atoms with Gasteiger partial charge in [-0.3, -0.25) is 4.79 Å². The molecule has 0 radical (unpaired) electrons. The summed E-state index contributed by atoms with van der Waals surface area (Å²) in [6, 6.07) is 4.07. The molecular weight excluding hydrogens is 422 g/mol. The van der Waals surface area contributed by atoms with E-state index in [4.69, 9.17) is 4.98 Å². The molecule has 1 saturated carbocycles. The maximum atomic E-state index is 13.1. The van der Waals surface area contributed by atoms with Gasteiger partial charge in [-0.05, 0) is 76.8 Å². The summed E-state index contributed by atoms with van der Waals surface area (Å²) < 4.78 is 1.74. The minimum Gasteiger partial charge on any atom is -0.390 e. The van der Waals surface area contributed by atoms with Gasteiger partial charge < -0.3 is 10.4 Å². The van der Waals surface area contributed by atoms with Crippen LogP contribution in [0.15, 0.2) is 29.9 Å². The minimum atomic E-state index is -0.681. The number of carbonyl (C=O) groups is 1. The third kappa shape index (κ3) is 5.24. The molecule has 3 aromatic rings. The van der Waals surface area contributed by atoms with Crippen LogP contribution in [0.25, 0.3) is 16.5 Å². The smallest absolute Gasteiger partial charge is 0.254 e. The molecule has 2 N–H and O–H groups in total. The Kier molecular flexibility index (Phi) is 6.44. The van der Waals surface area contributed by atoms with Crippen molar-refractivity contribution in [2.45, 2.75) is 77.4 Å². The van der Waals surface area contributed by atoms with Crippen LogP contribution in [-0.4, -0.2) is 42.4 Å². The van der Waals surface area contributed by atoms with Gasteiger partial charge in [0.1, 0.15) is 0 Å². The fourth-order valence-corrected chi connectivity index (χ4v) is 4.63. The number of hydrogen-bond acceptors (Lipinski definition) is 6. The minimum absolute atomic E-state index is 0.0151. The summed E-state index contributed by atoms with van der Waals surface area (Å²) in [7, 11) is 0. The first kappa shape index (κ1) is 22.6. The van der Waals surface area contributed by atoms with Gasteiger partial charge in [0.15, 0.2) is 0 Å². The molecule has 1 aliphatic rings. The van der Waals surface area contributed by atoms with E-state index >= 15 is 0 Å². The van der Waals surface area contributed by atoms with Gasteiger partial charge in [0.2, 0.25) is 0 Å². The Morgan fingerprint density at radius 3 is 2.81 bits per heavy atom. The van der Waals surface area contributed by atoms with Gasteiger partial charge in [-0.2, -0.15) is 5.10 Å². The van der Waals surface area contributed by atoms with Gasteiger partial charge in [-0.25, -0.2) is 14.6 Å². The van der Waals surface area contributed by atoms with Crippen molar-refractivity contribution in [1.82, 2.24) is 25.1 Å². The highest BCUT2D eigenvalue weighted by molar-refractivity contribution is 7.13. The zero-order chi connectivity index (χ0) is 22.9. The number of aryl methyl sites for hydroxylation is 1. The normalized spacial score (nSPS) is 15.0. The van der Waals surface area contributed by atoms with Crippen molar-refractivity contribution >= 4 is 17.2 Å². The Balaban J connectivity index is 1.55. The number of aliphatic hydroxyl groups is 1. The van der Waals surface area contributed by atoms with E-state index in [-0.39, 0.29) is 11.9 Å². The lowest BCUT2D eigenvalue weighted by Gasteiger charge is -2.19. The molecule has 0 aromatic carbocycles. The SMILES string of the molecule is Cc1cnc(-n2ncc(C(=O)NC(C)CCCC(C)(C)O)c2C2CC2)nc1-c1cccs1. The summed E-state index contributed by atoms with van der Waals surface area (Å²) in [5, 5.41) is 19.6. The molecule has 4 rings (SSSR count). The average Bonchev–Trinajstić information content (AvgIpc) is 3.23. The molecule has 1 atom stereocenters. The van der Waals surface area contributed by atoms with E-state index in [1.165, 1.54) is 0 Å². The lowest BCUT2D eigenvalue weighted by atomic mass is 9.99. The van der Waals surface area contributed by atoms with Gasteiger partial charge in [-0.1, -0.05) is 6.07 Å². The van der Waals surface area contributed by atoms with Crippen molar-refractivity contribution in [3.05, 3.63) is 46.7 Å². The molecule has 170 valence electrons. The number of carbonyl (C=O) groups excluding carboxylic acids is 1. The van der Waals surface area contributed by atoms with Crippen molar-refractivity contribution in [2.24, 2.45) is 0 Å². The number of amides is 1. The summed E-state index contributed by atoms with van der Waals surface area (Å²) in [6.45, 7) is 7.62. The molecule has 7 nitrogen and oxygen atoms in total. The first-order chi connectivity index (χ1) is 15.2. The maximum absolute atomic E-state index is 13.1. The zero-order valence-electron chi connectivity index (χ0n) is 19.1. The van der Waals surface area contributed by atoms with Crippen LogP contribution in [0.3, 0.4) is 0 Å². The second-order valence-electron chi connectivity index (χ2n) is 9.39. The number of nitrogens with one attached hydrogen (secondary N) is 1. The second kappa shape index (κ2) is 9.11. The van der Waals surface area contributed by atoms with Crippen LogP contribution in [0, 0.1) is 6.92 Å². The molecule has 8 heteroatoms. The highest BCUT2D eigenvalue weighted by atomic mass is 32.1. The molecule has 1 amide bonds. The fourth-order valence-electron chi connectivity index (χ4n) is 3.85. The molecule has 32 heavy (non-hydrogen) atoms. The van der Waals surface area contributed by atoms with E-state index in [1.54, 1.807) is 22.2 Å². The number of thiophene rings is 1. The number of aromatic nitrogens is 4. The lowest BCUT2D eigenvalue weighted by Crippen LogP contribution is -2.33. The van der Waals surface area contributed by atoms with Crippen molar-refractivity contribution < 1.29 is 9.90 Å². The predicted octanol–water partition coefficient (Wildman–Crippen LogP) is 4.64. The Morgan fingerprint density at radius 2 is 2.16 bits per heavy atom. The van der Waals surface area contributed by atoms with E-state index in [9.17, 15) is 9.90 Å². The fraction of sp³-hybridized carbons (Fsp3) is 0.500. The van der Waals surface area contributed by atoms with Gasteiger partial charge >= 0.3 is 0 Å². The molecule has 0 saturated heterocycles. The van der Waals surface area contributed by atoms with E-state index < -0.39 is 5.60 Å². The number of nitrogens with zero attached hydrogens (tertiary/aromatic N) is 4. The van der Waals surface area contributed by atoms with Crippen molar-refractivity contribution in [3.8, 4) is 16.5 Å². The summed E-state index contributed by atoms with van der Waals surface area (Å²) in [5.74, 6) is 0.691. The Hall–Kier alpha value is -2.58. The Labute approximate surface area is 192 Å². The first-order valence-electron chi connectivity index (χ1n) is 11.2. The van der Waals surface area contributed by atoms with E-state index in [0.29, 0.717) is 23.9 Å². The third-order valence-corrected chi connectivity index (χ3v) is 6.60. The quantitative estimate of drug-likeness (QED) is 0.492. The van der Waals surface area contributed by atoms with Crippen LogP contribution in [0.4, 0.5) is 0 Å². The Bertz CT molecular complexity index is 1080. The van der Waals surface area contributed by atoms with Gasteiger partial charge in [-0.15, -0.1) is 11.3 Å². The number of hydrogen-bond donors (Lipinski definition) is 2. The van der Waals surface area contributed by atoms with Crippen LogP contribution < -0.4 is 5.32 Å². The van der Waals surface area contributed by atoms with Gasteiger partial charge in [0, 0.05) is 18.2 Å². The molecule has 0 aliphatic heterocycles. The van der Waals surface area contributed by atoms with Gasteiger partial charge in [0.25, 0.3) is 11.9 Å². The molecule has 0 bridgehead atoms. The molecule has 1 aliphatic carbocycles. The van der Waals surface area contributed by atoms with Crippen LogP contribution in [-0.2, 0) is 0 Å². The first-order valence-corrected chi connectivity index (χ1v) is 12.1. The van der Waals surface area contributed by atoms with Crippen LogP contribution in [0.1, 0.15) is 80.4 Å². The molecular formula is C24H31N5O2S. The topological polar surface area (TPSA) is 92.9 Å². The standard InChI is InChI=1S/C24H31N5O2S/c1-15-13-25-23(28-20(15)19-8-6-12-32-19)29-21(17-9-10-17)18(14-26-29)22(30)27-16(2)7-5-11-24(3,4)31/h6,8,12-14,16-17,31H,5,7,9-11H2,1-4H3,(H,27,30). The average molecular weight is 454 g/mol. The molecule has 3 heterocycles. The third-order valence-electron chi connectivity index (χ3n) is 5.72. The van der Waals surface area contributed by atoms with Crippen molar-refractivity contribution in [2.75, 3.05) is 0 Å². The summed E-state index contributed by atoms with van der Waals surface area (Å²) in [6.07, 6.45) is 7.90. The van der Waals surface area contributed by atoms with Crippen molar-refractivity contribution in [3.63, 3.8) is 0 Å². The second-order valence-corrected chi connectivity index (χ2v) is 10.3. The maximum Gasteiger partial charge on any atom is 0.254 e. The zero-order valence-corrected chi connectivity index (χ0v) is 19.9. The largest absolute Gasteiger partial charge is 0.390 e. The summed E-state index contributed by atoms with van der Waals surface area (Å²) in [4.78, 5) is 23.5. The predicted molar refractivity (Wildman–Crippen MR) is 126 cm³/mol. The molecule has 3 aromatic heterocycles. The number of rotatable bonds is 9. The van der Waals surface area contributed by atoms with Crippen molar-refractivity contribution in [1.29, 1.82) is 0 Å². The molecule has 1 unspecified atom stereocenters. The van der Waals surface area contributed by atoms with E-state index in [1.807, 2.05) is 51.4 Å². The molecule has 1 fully saturated rings. The highest BCUT2D eigenvalue weighted by Crippen LogP contribution is 2.42. The van der Waals surface area contributed by atoms with Gasteiger partial charge in [0.05, 0.1) is 33.6 Å². The van der Waals surface area contributed by atoms with Crippen LogP contribution in [0.2, 0.25) is 0 Å². The molecule has 0 spiro atoms. The van der Waals surface area contributed by atoms with Crippen LogP contribution >= 0.6 is 11.3 Å². The van der Waals surface area contributed by atoms with E-state index in [2.05, 4.69) is 15.4 Å². The summed E-state index contributed by atoms with van der Waals surface area (Å²) in [5.41, 5.74) is 2.72. The summed E-state index contributed by atoms with van der Waals surface area (Å²) >= 11 is 1.64. The monoisotopic (exact) mass is 453 g/mol.